The van der Waals surface area contributed by atoms with Gasteiger partial charge in [-0.1, -0.05) is 18.2 Å². The van der Waals surface area contributed by atoms with Crippen molar-refractivity contribution in [2.75, 3.05) is 33.1 Å². The predicted octanol–water partition coefficient (Wildman–Crippen LogP) is 3.44. The average Bonchev–Trinajstić information content (AvgIpc) is 2.78. The summed E-state index contributed by atoms with van der Waals surface area (Å²) in [6.07, 6.45) is -4.73. The van der Waals surface area contributed by atoms with Crippen LogP contribution in [0.5, 0.6) is 5.75 Å². The fraction of sp³-hybridized carbons (Fsp3) is 0.409. The smallest absolute Gasteiger partial charge is 0.486 e. The van der Waals surface area contributed by atoms with E-state index in [-0.39, 0.29) is 11.3 Å². The van der Waals surface area contributed by atoms with E-state index in [0.717, 1.165) is 18.6 Å². The molecule has 0 radical (unpaired) electrons. The van der Waals surface area contributed by atoms with Crippen molar-refractivity contribution < 1.29 is 32.2 Å². The van der Waals surface area contributed by atoms with Crippen molar-refractivity contribution in [3.8, 4) is 5.75 Å². The number of esters is 1. The number of halogens is 3. The molecular weight excluding hydrogens is 427 g/mol. The third kappa shape index (κ3) is 7.44. The van der Waals surface area contributed by atoms with Crippen molar-refractivity contribution >= 4 is 17.7 Å². The summed E-state index contributed by atoms with van der Waals surface area (Å²) in [4.78, 5) is 28.0. The van der Waals surface area contributed by atoms with E-state index in [2.05, 4.69) is 15.0 Å². The van der Waals surface area contributed by atoms with Gasteiger partial charge in [0.15, 0.2) is 0 Å². The largest absolute Gasteiger partial charge is 0.493 e. The highest BCUT2D eigenvalue weighted by Crippen LogP contribution is 2.25. The van der Waals surface area contributed by atoms with Crippen LogP contribution in [0, 0.1) is 5.92 Å². The van der Waals surface area contributed by atoms with Gasteiger partial charge in [-0.15, -0.1) is 13.2 Å². The topological polar surface area (TPSA) is 80.8 Å². The summed E-state index contributed by atoms with van der Waals surface area (Å²) in [7, 11) is 3.55. The molecule has 0 bridgehead atoms. The maximum Gasteiger partial charge on any atom is 0.486 e. The molecule has 32 heavy (non-hydrogen) atoms. The van der Waals surface area contributed by atoms with Crippen molar-refractivity contribution in [2.24, 2.45) is 5.92 Å². The zero-order chi connectivity index (χ0) is 23.7. The molecule has 7 nitrogen and oxygen atoms in total. The summed E-state index contributed by atoms with van der Waals surface area (Å²) >= 11 is 0. The first kappa shape index (κ1) is 25.0. The zero-order valence-corrected chi connectivity index (χ0v) is 18.1. The molecule has 0 aliphatic heterocycles. The first-order valence-electron chi connectivity index (χ1n) is 9.90. The molecule has 10 heteroatoms. The number of amides is 1. The molecule has 1 unspecified atom stereocenters. The van der Waals surface area contributed by atoms with Gasteiger partial charge in [0.1, 0.15) is 11.6 Å². The van der Waals surface area contributed by atoms with Gasteiger partial charge >= 0.3 is 12.3 Å². The Hall–Kier alpha value is -3.30. The molecule has 2 rings (SSSR count). The van der Waals surface area contributed by atoms with E-state index in [0.29, 0.717) is 31.4 Å². The van der Waals surface area contributed by atoms with Gasteiger partial charge in [0, 0.05) is 26.2 Å². The molecular formula is C22H26F3N3O4. The number of carbonyl (C=O) groups is 2. The van der Waals surface area contributed by atoms with Crippen LogP contribution < -0.4 is 10.1 Å². The van der Waals surface area contributed by atoms with Crippen LogP contribution in [0.3, 0.4) is 0 Å². The summed E-state index contributed by atoms with van der Waals surface area (Å²) in [5.41, 5.74) is 1.46. The van der Waals surface area contributed by atoms with Gasteiger partial charge in [-0.3, -0.25) is 14.5 Å². The van der Waals surface area contributed by atoms with Crippen LogP contribution in [0.4, 0.5) is 19.0 Å². The Labute approximate surface area is 184 Å². The van der Waals surface area contributed by atoms with Crippen molar-refractivity contribution in [1.29, 1.82) is 0 Å². The second-order valence-corrected chi connectivity index (χ2v) is 7.05. The van der Waals surface area contributed by atoms with E-state index in [1.807, 2.05) is 18.2 Å². The number of hydrogen-bond donors (Lipinski definition) is 1. The fourth-order valence-corrected chi connectivity index (χ4v) is 2.97. The third-order valence-corrected chi connectivity index (χ3v) is 4.80. The van der Waals surface area contributed by atoms with E-state index in [4.69, 9.17) is 4.74 Å². The van der Waals surface area contributed by atoms with Crippen molar-refractivity contribution in [2.45, 2.75) is 25.6 Å². The van der Waals surface area contributed by atoms with Crippen LogP contribution in [0.2, 0.25) is 0 Å². The Morgan fingerprint density at radius 3 is 2.44 bits per heavy atom. The number of anilines is 1. The minimum absolute atomic E-state index is 0.0463. The molecule has 0 aliphatic rings. The van der Waals surface area contributed by atoms with Crippen LogP contribution in [0.15, 0.2) is 42.5 Å². The minimum atomic E-state index is -4.83. The molecule has 2 aromatic rings. The molecule has 1 N–H and O–H groups in total. The Morgan fingerprint density at radius 2 is 1.84 bits per heavy atom. The molecule has 0 spiro atoms. The summed E-state index contributed by atoms with van der Waals surface area (Å²) in [5, 5.41) is 2.97. The van der Waals surface area contributed by atoms with Gasteiger partial charge in [-0.2, -0.15) is 0 Å². The number of ether oxygens (including phenoxy) is 2. The van der Waals surface area contributed by atoms with Crippen LogP contribution in [-0.2, 0) is 27.2 Å². The summed E-state index contributed by atoms with van der Waals surface area (Å²) in [5.74, 6) is -1.82. The Morgan fingerprint density at radius 1 is 1.16 bits per heavy atom. The molecule has 1 heterocycles. The third-order valence-electron chi connectivity index (χ3n) is 4.80. The maximum absolute atomic E-state index is 12.9. The SMILES string of the molecule is CNc1cccc(CCOc2ccc(CC(CC(=O)OC)C(=O)N(C)C(F)(F)F)cc2)n1. The summed E-state index contributed by atoms with van der Waals surface area (Å²) < 4.78 is 49.0. The lowest BCUT2D eigenvalue weighted by Crippen LogP contribution is -2.44. The maximum atomic E-state index is 12.9. The second kappa shape index (κ2) is 11.4. The molecule has 174 valence electrons. The molecule has 0 saturated heterocycles. The highest BCUT2D eigenvalue weighted by atomic mass is 19.4. The Bertz CT molecular complexity index is 904. The second-order valence-electron chi connectivity index (χ2n) is 7.05. The van der Waals surface area contributed by atoms with Crippen LogP contribution >= 0.6 is 0 Å². The van der Waals surface area contributed by atoms with Crippen molar-refractivity contribution in [1.82, 2.24) is 9.88 Å². The van der Waals surface area contributed by atoms with Crippen LogP contribution in [0.1, 0.15) is 17.7 Å². The quantitative estimate of drug-likeness (QED) is 0.439. The molecule has 0 fully saturated rings. The molecule has 1 aromatic carbocycles. The number of aromatic nitrogens is 1. The monoisotopic (exact) mass is 453 g/mol. The molecule has 0 aliphatic carbocycles. The number of carbonyl (C=O) groups excluding carboxylic acids is 2. The standard InChI is InChI=1S/C22H26F3N3O4/c1-26-19-6-4-5-17(27-19)11-12-32-18-9-7-15(8-10-18)13-16(14-20(29)31-3)21(30)28(2)22(23,24)25/h4-10,16H,11-14H2,1-3H3,(H,26,27). The first-order chi connectivity index (χ1) is 15.1. The number of pyridine rings is 1. The number of alkyl halides is 3. The summed E-state index contributed by atoms with van der Waals surface area (Å²) in [6, 6.07) is 12.3. The molecule has 0 saturated carbocycles. The van der Waals surface area contributed by atoms with Gasteiger partial charge in [-0.05, 0) is 36.2 Å². The first-order valence-corrected chi connectivity index (χ1v) is 9.90. The highest BCUT2D eigenvalue weighted by molar-refractivity contribution is 5.84. The highest BCUT2D eigenvalue weighted by Gasteiger charge is 2.41. The lowest BCUT2D eigenvalue weighted by atomic mass is 9.95. The van der Waals surface area contributed by atoms with Crippen LogP contribution in [-0.4, -0.2) is 55.9 Å². The van der Waals surface area contributed by atoms with Gasteiger partial charge in [-0.25, -0.2) is 4.98 Å². The Kier molecular flexibility index (Phi) is 8.86. The van der Waals surface area contributed by atoms with Gasteiger partial charge < -0.3 is 14.8 Å². The Balaban J connectivity index is 1.98. The lowest BCUT2D eigenvalue weighted by Gasteiger charge is -2.25. The molecule has 1 atom stereocenters. The number of methoxy groups -OCH3 is 1. The van der Waals surface area contributed by atoms with Crippen LogP contribution in [0.25, 0.3) is 0 Å². The van der Waals surface area contributed by atoms with E-state index < -0.39 is 30.5 Å². The number of hydrogen-bond acceptors (Lipinski definition) is 6. The van der Waals surface area contributed by atoms with Crippen molar-refractivity contribution in [3.63, 3.8) is 0 Å². The average molecular weight is 453 g/mol. The minimum Gasteiger partial charge on any atom is -0.493 e. The fourth-order valence-electron chi connectivity index (χ4n) is 2.97. The predicted molar refractivity (Wildman–Crippen MR) is 112 cm³/mol. The van der Waals surface area contributed by atoms with Gasteiger partial charge in [0.25, 0.3) is 0 Å². The van der Waals surface area contributed by atoms with E-state index in [1.54, 1.807) is 31.3 Å². The normalized spacial score (nSPS) is 12.1. The number of nitrogens with zero attached hydrogens (tertiary/aromatic N) is 2. The molecule has 1 aromatic heterocycles. The van der Waals surface area contributed by atoms with Gasteiger partial charge in [0.05, 0.1) is 26.1 Å². The number of benzene rings is 1. The zero-order valence-electron chi connectivity index (χ0n) is 18.1. The van der Waals surface area contributed by atoms with E-state index >= 15 is 0 Å². The number of rotatable bonds is 10. The van der Waals surface area contributed by atoms with Gasteiger partial charge in [0.2, 0.25) is 5.91 Å². The van der Waals surface area contributed by atoms with E-state index in [9.17, 15) is 22.8 Å². The number of nitrogens with one attached hydrogen (secondary N) is 1. The van der Waals surface area contributed by atoms with Crippen molar-refractivity contribution in [3.05, 3.63) is 53.7 Å². The van der Waals surface area contributed by atoms with E-state index in [1.165, 1.54) is 0 Å². The summed E-state index contributed by atoms with van der Waals surface area (Å²) in [6.45, 7) is 0.388. The molecule has 1 amide bonds. The lowest BCUT2D eigenvalue weighted by molar-refractivity contribution is -0.235.